The van der Waals surface area contributed by atoms with Gasteiger partial charge in [-0.2, -0.15) is 13.2 Å². The van der Waals surface area contributed by atoms with Gasteiger partial charge < -0.3 is 9.63 Å². The van der Waals surface area contributed by atoms with Gasteiger partial charge >= 0.3 is 6.18 Å². The summed E-state index contributed by atoms with van der Waals surface area (Å²) in [5.74, 6) is -0.377. The van der Waals surface area contributed by atoms with Crippen molar-refractivity contribution in [3.05, 3.63) is 29.8 Å². The first-order valence-corrected chi connectivity index (χ1v) is 5.77. The third-order valence-electron chi connectivity index (χ3n) is 1.84. The summed E-state index contributed by atoms with van der Waals surface area (Å²) >= 11 is 0. The molecule has 0 amide bonds. The van der Waals surface area contributed by atoms with E-state index in [2.05, 4.69) is 0 Å². The molecular weight excluding hydrogens is 256 g/mol. The van der Waals surface area contributed by atoms with Gasteiger partial charge in [0.2, 0.25) is 0 Å². The first-order valence-electron chi connectivity index (χ1n) is 4.62. The number of carbonyl (C=O) groups is 1. The van der Waals surface area contributed by atoms with E-state index >= 15 is 0 Å². The smallest absolute Gasteiger partial charge is 0.416 e. The van der Waals surface area contributed by atoms with Gasteiger partial charge in [0.15, 0.2) is 5.78 Å². The van der Waals surface area contributed by atoms with Crippen LogP contribution in [0.25, 0.3) is 0 Å². The van der Waals surface area contributed by atoms with Crippen LogP contribution in [-0.2, 0) is 11.0 Å². The highest BCUT2D eigenvalue weighted by Gasteiger charge is 2.30. The molecule has 0 bridgehead atoms. The van der Waals surface area contributed by atoms with Crippen molar-refractivity contribution in [2.24, 2.45) is 0 Å². The Kier molecular flexibility index (Phi) is 4.90. The van der Waals surface area contributed by atoms with Crippen molar-refractivity contribution < 1.29 is 27.6 Å². The predicted octanol–water partition coefficient (Wildman–Crippen LogP) is 2.24. The maximum Gasteiger partial charge on any atom is 0.416 e. The topological polar surface area (TPSA) is 46.5 Å². The maximum absolute atomic E-state index is 12.3. The minimum Gasteiger partial charge on any atom is -0.486 e. The van der Waals surface area contributed by atoms with Crippen molar-refractivity contribution in [1.29, 1.82) is 0 Å². The number of halogens is 3. The Bertz CT molecular complexity index is 393. The number of rotatable bonds is 5. The average Bonchev–Trinajstić information content (AvgIpc) is 2.26. The Morgan fingerprint density at radius 3 is 2.71 bits per heavy atom. The van der Waals surface area contributed by atoms with Gasteiger partial charge in [0.05, 0.1) is 11.7 Å². The third-order valence-corrected chi connectivity index (χ3v) is 2.39. The summed E-state index contributed by atoms with van der Waals surface area (Å²) in [5.41, 5.74) is -0.827. The van der Waals surface area contributed by atoms with E-state index in [1.54, 1.807) is 0 Å². The fraction of sp³-hybridized carbons (Fsp3) is 0.300. The van der Waals surface area contributed by atoms with Crippen molar-refractivity contribution in [3.63, 3.8) is 0 Å². The zero-order chi connectivity index (χ0) is 12.9. The normalized spacial score (nSPS) is 12.0. The highest BCUT2D eigenvalue weighted by atomic mass is 31.1. The Hall–Kier alpha value is -1.13. The second-order valence-electron chi connectivity index (χ2n) is 3.19. The van der Waals surface area contributed by atoms with Crippen LogP contribution in [0.15, 0.2) is 24.3 Å². The molecule has 0 radical (unpaired) electrons. The minimum atomic E-state index is -4.43. The van der Waals surface area contributed by atoms with Crippen LogP contribution in [-0.4, -0.2) is 23.4 Å². The molecule has 17 heavy (non-hydrogen) atoms. The minimum absolute atomic E-state index is 0.0190. The fourth-order valence-corrected chi connectivity index (χ4v) is 1.34. The quantitative estimate of drug-likeness (QED) is 0.831. The molecular formula is C10H10F3O3P. The molecule has 0 aliphatic rings. The largest absolute Gasteiger partial charge is 0.486 e. The van der Waals surface area contributed by atoms with Crippen LogP contribution in [0.5, 0.6) is 5.75 Å². The van der Waals surface area contributed by atoms with Gasteiger partial charge in [-0.05, 0) is 18.2 Å². The summed E-state index contributed by atoms with van der Waals surface area (Å²) < 4.78 is 41.9. The van der Waals surface area contributed by atoms with Crippen LogP contribution in [0.2, 0.25) is 0 Å². The average molecular weight is 266 g/mol. The highest BCUT2D eigenvalue weighted by Crippen LogP contribution is 2.31. The Balaban J connectivity index is 2.64. The summed E-state index contributed by atoms with van der Waals surface area (Å²) in [7, 11) is -0.515. The number of hydrogen-bond acceptors (Lipinski definition) is 3. The first-order chi connectivity index (χ1) is 7.93. The summed E-state index contributed by atoms with van der Waals surface area (Å²) in [6.07, 6.45) is -4.48. The number of Topliss-reactive ketones (excluding diaryl/α,β-unsaturated/α-hetero) is 1. The number of ether oxygens (including phenoxy) is 1. The van der Waals surface area contributed by atoms with Gasteiger partial charge in [-0.15, -0.1) is 0 Å². The zero-order valence-electron chi connectivity index (χ0n) is 8.62. The SMILES string of the molecule is O=C(COc1cccc(C(F)(F)F)c1)CPO. The lowest BCUT2D eigenvalue weighted by atomic mass is 10.2. The molecule has 7 heteroatoms. The zero-order valence-corrected chi connectivity index (χ0v) is 9.62. The van der Waals surface area contributed by atoms with Crippen LogP contribution in [0.3, 0.4) is 0 Å². The molecule has 0 spiro atoms. The molecule has 0 fully saturated rings. The van der Waals surface area contributed by atoms with Gasteiger partial charge in [0, 0.05) is 8.81 Å². The second kappa shape index (κ2) is 5.98. The summed E-state index contributed by atoms with van der Waals surface area (Å²) in [6, 6.07) is 4.29. The molecule has 0 aromatic heterocycles. The van der Waals surface area contributed by atoms with Gasteiger partial charge in [0.1, 0.15) is 12.4 Å². The molecule has 0 saturated heterocycles. The van der Waals surface area contributed by atoms with E-state index < -0.39 is 20.5 Å². The molecule has 0 aliphatic heterocycles. The van der Waals surface area contributed by atoms with E-state index in [1.807, 2.05) is 0 Å². The molecule has 94 valence electrons. The van der Waals surface area contributed by atoms with E-state index in [9.17, 15) is 18.0 Å². The molecule has 1 rings (SSSR count). The fourth-order valence-electron chi connectivity index (χ4n) is 1.07. The Morgan fingerprint density at radius 2 is 2.12 bits per heavy atom. The summed E-state index contributed by atoms with van der Waals surface area (Å²) in [4.78, 5) is 19.5. The van der Waals surface area contributed by atoms with Gasteiger partial charge in [0.25, 0.3) is 0 Å². The van der Waals surface area contributed by atoms with Crippen LogP contribution in [0.1, 0.15) is 5.56 Å². The van der Waals surface area contributed by atoms with Crippen molar-refractivity contribution in [2.45, 2.75) is 6.18 Å². The predicted molar refractivity (Wildman–Crippen MR) is 57.3 cm³/mol. The number of alkyl halides is 3. The molecule has 1 atom stereocenters. The molecule has 0 aliphatic carbocycles. The van der Waals surface area contributed by atoms with Gasteiger partial charge in [-0.1, -0.05) is 6.07 Å². The number of benzene rings is 1. The van der Waals surface area contributed by atoms with Crippen LogP contribution in [0.4, 0.5) is 13.2 Å². The lowest BCUT2D eigenvalue weighted by Crippen LogP contribution is -2.13. The lowest BCUT2D eigenvalue weighted by Gasteiger charge is -2.09. The molecule has 1 unspecified atom stereocenters. The number of hydrogen-bond donors (Lipinski definition) is 1. The molecule has 1 N–H and O–H groups in total. The van der Waals surface area contributed by atoms with E-state index in [0.29, 0.717) is 0 Å². The van der Waals surface area contributed by atoms with Crippen LogP contribution >= 0.6 is 8.81 Å². The number of carbonyl (C=O) groups excluding carboxylic acids is 1. The molecule has 1 aromatic rings. The summed E-state index contributed by atoms with van der Waals surface area (Å²) in [5, 5.41) is 0. The third kappa shape index (κ3) is 4.71. The van der Waals surface area contributed by atoms with E-state index in [0.717, 1.165) is 12.1 Å². The molecule has 3 nitrogen and oxygen atoms in total. The monoisotopic (exact) mass is 266 g/mol. The summed E-state index contributed by atoms with van der Waals surface area (Å²) in [6.45, 7) is -0.338. The van der Waals surface area contributed by atoms with Crippen molar-refractivity contribution >= 4 is 14.6 Å². The Labute approximate surface area is 97.5 Å². The van der Waals surface area contributed by atoms with Gasteiger partial charge in [-0.3, -0.25) is 4.79 Å². The molecule has 0 heterocycles. The van der Waals surface area contributed by atoms with Crippen LogP contribution < -0.4 is 4.74 Å². The van der Waals surface area contributed by atoms with Gasteiger partial charge in [-0.25, -0.2) is 0 Å². The highest BCUT2D eigenvalue weighted by molar-refractivity contribution is 7.32. The Morgan fingerprint density at radius 1 is 1.41 bits per heavy atom. The van der Waals surface area contributed by atoms with Crippen molar-refractivity contribution in [1.82, 2.24) is 0 Å². The van der Waals surface area contributed by atoms with E-state index in [1.165, 1.54) is 12.1 Å². The second-order valence-corrected chi connectivity index (χ2v) is 3.86. The van der Waals surface area contributed by atoms with Crippen molar-refractivity contribution in [3.8, 4) is 5.75 Å². The molecule has 1 aromatic carbocycles. The van der Waals surface area contributed by atoms with Crippen molar-refractivity contribution in [2.75, 3.05) is 12.8 Å². The van der Waals surface area contributed by atoms with E-state index in [-0.39, 0.29) is 24.3 Å². The molecule has 0 saturated carbocycles. The van der Waals surface area contributed by atoms with E-state index in [4.69, 9.17) is 9.63 Å². The lowest BCUT2D eigenvalue weighted by molar-refractivity contribution is -0.137. The number of ketones is 1. The van der Waals surface area contributed by atoms with Crippen LogP contribution in [0, 0.1) is 0 Å². The standard InChI is InChI=1S/C10H10F3O3P/c11-10(12,13)7-2-1-3-9(4-7)16-5-8(14)6-17-15/h1-4,15,17H,5-6H2. The maximum atomic E-state index is 12.3. The first kappa shape index (κ1) is 13.9.